The molecule has 94 valence electrons. The number of halogens is 1. The van der Waals surface area contributed by atoms with E-state index in [4.69, 9.17) is 5.73 Å². The van der Waals surface area contributed by atoms with Crippen LogP contribution in [0, 0.1) is 0 Å². The fourth-order valence-electron chi connectivity index (χ4n) is 1.78. The highest BCUT2D eigenvalue weighted by Crippen LogP contribution is 2.16. The molecule has 1 aliphatic rings. The first kappa shape index (κ1) is 15.2. The normalized spacial score (nSPS) is 16.1. The summed E-state index contributed by atoms with van der Waals surface area (Å²) < 4.78 is 0. The number of hydrogen-bond acceptors (Lipinski definition) is 3. The van der Waals surface area contributed by atoms with Gasteiger partial charge in [0.2, 0.25) is 11.8 Å². The van der Waals surface area contributed by atoms with Gasteiger partial charge in [-0.05, 0) is 12.8 Å². The lowest BCUT2D eigenvalue weighted by Gasteiger charge is -2.22. The Morgan fingerprint density at radius 3 is 2.31 bits per heavy atom. The quantitative estimate of drug-likeness (QED) is 0.652. The molecular weight excluding hydrogens is 230 g/mol. The zero-order valence-electron chi connectivity index (χ0n) is 9.33. The standard InChI is InChI=1S/C10H19N3O2.ClH/c11-6-9(14)12-7-10(15)13-8-4-2-1-3-5-8;/h8H,1-7,11H2,(H,12,14)(H,13,15);1H. The summed E-state index contributed by atoms with van der Waals surface area (Å²) in [6, 6.07) is 0.293. The van der Waals surface area contributed by atoms with E-state index in [9.17, 15) is 9.59 Å². The van der Waals surface area contributed by atoms with Crippen LogP contribution in [0.3, 0.4) is 0 Å². The van der Waals surface area contributed by atoms with Crippen molar-refractivity contribution >= 4 is 24.2 Å². The second-order valence-corrected chi connectivity index (χ2v) is 3.88. The average Bonchev–Trinajstić information content (AvgIpc) is 2.27. The van der Waals surface area contributed by atoms with Gasteiger partial charge in [-0.3, -0.25) is 9.59 Å². The highest BCUT2D eigenvalue weighted by Gasteiger charge is 2.15. The van der Waals surface area contributed by atoms with E-state index in [2.05, 4.69) is 10.6 Å². The Labute approximate surface area is 102 Å². The molecule has 6 heteroatoms. The van der Waals surface area contributed by atoms with Gasteiger partial charge in [0.1, 0.15) is 0 Å². The molecule has 2 amide bonds. The summed E-state index contributed by atoms with van der Waals surface area (Å²) in [5.41, 5.74) is 5.10. The molecule has 5 nitrogen and oxygen atoms in total. The minimum absolute atomic E-state index is 0. The lowest BCUT2D eigenvalue weighted by molar-refractivity contribution is -0.125. The van der Waals surface area contributed by atoms with Gasteiger partial charge in [-0.25, -0.2) is 0 Å². The zero-order chi connectivity index (χ0) is 11.1. The van der Waals surface area contributed by atoms with Gasteiger partial charge in [-0.15, -0.1) is 12.4 Å². The molecule has 0 aromatic heterocycles. The second kappa shape index (κ2) is 8.35. The summed E-state index contributed by atoms with van der Waals surface area (Å²) >= 11 is 0. The molecule has 4 N–H and O–H groups in total. The van der Waals surface area contributed by atoms with Crippen molar-refractivity contribution < 1.29 is 9.59 Å². The van der Waals surface area contributed by atoms with E-state index in [1.807, 2.05) is 0 Å². The van der Waals surface area contributed by atoms with Gasteiger partial charge in [0.25, 0.3) is 0 Å². The highest BCUT2D eigenvalue weighted by molar-refractivity contribution is 5.85. The Morgan fingerprint density at radius 2 is 1.75 bits per heavy atom. The first-order valence-corrected chi connectivity index (χ1v) is 5.48. The Kier molecular flexibility index (Phi) is 7.93. The summed E-state index contributed by atoms with van der Waals surface area (Å²) in [5.74, 6) is -0.419. The Balaban J connectivity index is 0.00000225. The number of amides is 2. The Hall–Kier alpha value is -0.810. The van der Waals surface area contributed by atoms with Gasteiger partial charge in [-0.2, -0.15) is 0 Å². The fraction of sp³-hybridized carbons (Fsp3) is 0.800. The van der Waals surface area contributed by atoms with Crippen LogP contribution >= 0.6 is 12.4 Å². The first-order chi connectivity index (χ1) is 7.22. The summed E-state index contributed by atoms with van der Waals surface area (Å²) in [6.45, 7) is -0.0385. The van der Waals surface area contributed by atoms with Crippen LogP contribution in [0.2, 0.25) is 0 Å². The van der Waals surface area contributed by atoms with Crippen molar-refractivity contribution in [2.75, 3.05) is 13.1 Å². The molecule has 1 rings (SSSR count). The Morgan fingerprint density at radius 1 is 1.12 bits per heavy atom. The number of carbonyl (C=O) groups excluding carboxylic acids is 2. The topological polar surface area (TPSA) is 84.2 Å². The molecule has 0 aliphatic heterocycles. The van der Waals surface area contributed by atoms with Crippen molar-refractivity contribution in [1.29, 1.82) is 0 Å². The lowest BCUT2D eigenvalue weighted by atomic mass is 9.95. The first-order valence-electron chi connectivity index (χ1n) is 5.48. The van der Waals surface area contributed by atoms with E-state index in [-0.39, 0.29) is 37.3 Å². The van der Waals surface area contributed by atoms with Crippen molar-refractivity contribution in [1.82, 2.24) is 10.6 Å². The minimum atomic E-state index is -0.297. The third-order valence-corrected chi connectivity index (χ3v) is 2.60. The molecule has 0 bridgehead atoms. The molecule has 0 spiro atoms. The van der Waals surface area contributed by atoms with Crippen LogP contribution in [0.25, 0.3) is 0 Å². The van der Waals surface area contributed by atoms with Crippen LogP contribution in [-0.4, -0.2) is 30.9 Å². The van der Waals surface area contributed by atoms with Gasteiger partial charge in [0.15, 0.2) is 0 Å². The smallest absolute Gasteiger partial charge is 0.239 e. The molecule has 1 saturated carbocycles. The maximum atomic E-state index is 11.4. The van der Waals surface area contributed by atoms with E-state index in [1.165, 1.54) is 19.3 Å². The molecule has 0 radical (unpaired) electrons. The predicted octanol–water partition coefficient (Wildman–Crippen LogP) is -0.0680. The van der Waals surface area contributed by atoms with E-state index in [0.29, 0.717) is 6.04 Å². The monoisotopic (exact) mass is 249 g/mol. The van der Waals surface area contributed by atoms with Crippen LogP contribution in [0.15, 0.2) is 0 Å². The zero-order valence-corrected chi connectivity index (χ0v) is 10.1. The molecule has 0 aromatic rings. The van der Waals surface area contributed by atoms with Crippen LogP contribution < -0.4 is 16.4 Å². The van der Waals surface area contributed by atoms with E-state index >= 15 is 0 Å². The van der Waals surface area contributed by atoms with E-state index < -0.39 is 0 Å². The van der Waals surface area contributed by atoms with Gasteiger partial charge in [0, 0.05) is 6.04 Å². The molecule has 0 saturated heterocycles. The number of nitrogens with two attached hydrogens (primary N) is 1. The highest BCUT2D eigenvalue weighted by atomic mass is 35.5. The minimum Gasteiger partial charge on any atom is -0.352 e. The van der Waals surface area contributed by atoms with Crippen molar-refractivity contribution in [3.63, 3.8) is 0 Å². The number of nitrogens with one attached hydrogen (secondary N) is 2. The fourth-order valence-corrected chi connectivity index (χ4v) is 1.78. The third-order valence-electron chi connectivity index (χ3n) is 2.60. The SMILES string of the molecule is Cl.NCC(=O)NCC(=O)NC1CCCCC1. The third kappa shape index (κ3) is 5.92. The van der Waals surface area contributed by atoms with Gasteiger partial charge in [0.05, 0.1) is 13.1 Å². The van der Waals surface area contributed by atoms with Crippen molar-refractivity contribution in [2.45, 2.75) is 38.1 Å². The molecule has 0 aromatic carbocycles. The number of rotatable bonds is 4. The predicted molar refractivity (Wildman–Crippen MR) is 64.3 cm³/mol. The molecule has 16 heavy (non-hydrogen) atoms. The van der Waals surface area contributed by atoms with Crippen molar-refractivity contribution in [3.05, 3.63) is 0 Å². The van der Waals surface area contributed by atoms with Gasteiger partial charge < -0.3 is 16.4 Å². The number of carbonyl (C=O) groups is 2. The van der Waals surface area contributed by atoms with Crippen LogP contribution in [-0.2, 0) is 9.59 Å². The molecule has 1 aliphatic carbocycles. The molecule has 0 atom stereocenters. The summed E-state index contributed by atoms with van der Waals surface area (Å²) in [6.07, 6.45) is 5.73. The summed E-state index contributed by atoms with van der Waals surface area (Å²) in [7, 11) is 0. The molecule has 0 heterocycles. The van der Waals surface area contributed by atoms with Gasteiger partial charge >= 0.3 is 0 Å². The van der Waals surface area contributed by atoms with Crippen LogP contribution in [0.5, 0.6) is 0 Å². The van der Waals surface area contributed by atoms with Crippen LogP contribution in [0.1, 0.15) is 32.1 Å². The van der Waals surface area contributed by atoms with Crippen LogP contribution in [0.4, 0.5) is 0 Å². The Bertz CT molecular complexity index is 230. The van der Waals surface area contributed by atoms with Gasteiger partial charge in [-0.1, -0.05) is 19.3 Å². The maximum absolute atomic E-state index is 11.4. The molecule has 0 unspecified atom stereocenters. The lowest BCUT2D eigenvalue weighted by Crippen LogP contribution is -2.43. The largest absolute Gasteiger partial charge is 0.352 e. The van der Waals surface area contributed by atoms with Crippen molar-refractivity contribution in [3.8, 4) is 0 Å². The molecular formula is C10H20ClN3O2. The molecule has 1 fully saturated rings. The van der Waals surface area contributed by atoms with E-state index in [0.717, 1.165) is 12.8 Å². The van der Waals surface area contributed by atoms with Crippen molar-refractivity contribution in [2.24, 2.45) is 5.73 Å². The second-order valence-electron chi connectivity index (χ2n) is 3.88. The number of hydrogen-bond donors (Lipinski definition) is 3. The van der Waals surface area contributed by atoms with E-state index in [1.54, 1.807) is 0 Å². The summed E-state index contributed by atoms with van der Waals surface area (Å²) in [5, 5.41) is 5.35. The maximum Gasteiger partial charge on any atom is 0.239 e. The average molecular weight is 250 g/mol. The summed E-state index contributed by atoms with van der Waals surface area (Å²) in [4.78, 5) is 22.2.